The molecule has 2 aromatic heterocycles. The Morgan fingerprint density at radius 2 is 1.93 bits per heavy atom. The zero-order valence-corrected chi connectivity index (χ0v) is 15.0. The van der Waals surface area contributed by atoms with E-state index in [9.17, 15) is 14.9 Å². The Kier molecular flexibility index (Phi) is 3.99. The number of nitrogens with zero attached hydrogens (tertiary/aromatic N) is 4. The first-order valence-electron chi connectivity index (χ1n) is 8.74. The lowest BCUT2D eigenvalue weighted by Gasteiger charge is -2.15. The van der Waals surface area contributed by atoms with Gasteiger partial charge >= 0.3 is 0 Å². The number of non-ortho nitro benzene ring substituents is 1. The molecule has 0 aliphatic rings. The van der Waals surface area contributed by atoms with Gasteiger partial charge < -0.3 is 4.57 Å². The Morgan fingerprint density at radius 1 is 1.15 bits per heavy atom. The molecule has 0 aliphatic heterocycles. The van der Waals surface area contributed by atoms with Crippen LogP contribution in [0.15, 0.2) is 53.3 Å². The fraction of sp³-hybridized carbons (Fsp3) is 0.200. The molecular weight excluding hydrogens is 344 g/mol. The van der Waals surface area contributed by atoms with Gasteiger partial charge in [-0.25, -0.2) is 9.38 Å². The van der Waals surface area contributed by atoms with Crippen LogP contribution in [0.2, 0.25) is 0 Å². The highest BCUT2D eigenvalue weighted by atomic mass is 16.6. The van der Waals surface area contributed by atoms with E-state index < -0.39 is 4.92 Å². The molecule has 7 heteroatoms. The summed E-state index contributed by atoms with van der Waals surface area (Å²) in [6.07, 6.45) is 0.599. The van der Waals surface area contributed by atoms with E-state index in [2.05, 4.69) is 4.98 Å². The van der Waals surface area contributed by atoms with Crippen LogP contribution in [0.1, 0.15) is 23.7 Å². The second-order valence-corrected chi connectivity index (χ2v) is 6.47. The van der Waals surface area contributed by atoms with Gasteiger partial charge in [0.1, 0.15) is 0 Å². The quantitative estimate of drug-likeness (QED) is 0.411. The van der Waals surface area contributed by atoms with Gasteiger partial charge in [-0.15, -0.1) is 0 Å². The average Bonchev–Trinajstić information content (AvgIpc) is 3.05. The Balaban J connectivity index is 2.01. The molecule has 4 aromatic rings. The predicted octanol–water partition coefficient (Wildman–Crippen LogP) is 3.48. The number of rotatable bonds is 4. The summed E-state index contributed by atoms with van der Waals surface area (Å²) in [4.78, 5) is 28.4. The lowest BCUT2D eigenvalue weighted by molar-refractivity contribution is -0.384. The van der Waals surface area contributed by atoms with Crippen LogP contribution in [0.5, 0.6) is 0 Å². The zero-order chi connectivity index (χ0) is 19.1. The van der Waals surface area contributed by atoms with Crippen molar-refractivity contribution in [1.29, 1.82) is 0 Å². The van der Waals surface area contributed by atoms with Crippen molar-refractivity contribution >= 4 is 22.5 Å². The van der Waals surface area contributed by atoms with Crippen LogP contribution in [0.3, 0.4) is 0 Å². The van der Waals surface area contributed by atoms with E-state index in [-0.39, 0.29) is 11.2 Å². The number of fused-ring (bicyclic) bond motifs is 3. The van der Waals surface area contributed by atoms with Gasteiger partial charge in [0.15, 0.2) is 0 Å². The van der Waals surface area contributed by atoms with Crippen LogP contribution in [0.4, 0.5) is 5.69 Å². The standard InChI is InChI=1S/C20H18N4O3/c1-3-16-13(2)22(12-14-7-6-8-15(11-14)24(26)27)20-21-17-9-4-5-10-18(17)23(20)19(16)25/h4-11H,3,12H2,1-2H3. The molecule has 0 radical (unpaired) electrons. The molecule has 0 saturated heterocycles. The minimum Gasteiger partial charge on any atom is -0.311 e. The van der Waals surface area contributed by atoms with Crippen LogP contribution in [-0.2, 0) is 13.0 Å². The number of imidazole rings is 1. The van der Waals surface area contributed by atoms with Crippen molar-refractivity contribution < 1.29 is 4.92 Å². The largest absolute Gasteiger partial charge is 0.311 e. The van der Waals surface area contributed by atoms with Crippen LogP contribution >= 0.6 is 0 Å². The van der Waals surface area contributed by atoms with Gasteiger partial charge in [-0.2, -0.15) is 0 Å². The normalized spacial score (nSPS) is 11.3. The molecule has 0 unspecified atom stereocenters. The molecule has 136 valence electrons. The van der Waals surface area contributed by atoms with Gasteiger partial charge in [0.25, 0.3) is 11.2 Å². The first kappa shape index (κ1) is 17.0. The average molecular weight is 362 g/mol. The molecule has 0 amide bonds. The Hall–Kier alpha value is -3.48. The lowest BCUT2D eigenvalue weighted by atomic mass is 10.1. The van der Waals surface area contributed by atoms with Crippen LogP contribution < -0.4 is 5.56 Å². The summed E-state index contributed by atoms with van der Waals surface area (Å²) >= 11 is 0. The topological polar surface area (TPSA) is 82.4 Å². The maximum atomic E-state index is 13.0. The number of aromatic nitrogens is 3. The fourth-order valence-electron chi connectivity index (χ4n) is 3.54. The molecule has 0 aliphatic carbocycles. The van der Waals surface area contributed by atoms with Gasteiger partial charge in [0, 0.05) is 23.4 Å². The smallest absolute Gasteiger partial charge is 0.269 e. The third kappa shape index (κ3) is 2.68. The molecule has 4 rings (SSSR count). The SMILES string of the molecule is CCc1c(C)n(Cc2cccc([N+](=O)[O-])c2)c2nc3ccccc3n2c1=O. The number of nitro benzene ring substituents is 1. The maximum absolute atomic E-state index is 13.0. The third-order valence-corrected chi connectivity index (χ3v) is 4.90. The monoisotopic (exact) mass is 362 g/mol. The minimum absolute atomic E-state index is 0.0476. The highest BCUT2D eigenvalue weighted by molar-refractivity contribution is 5.79. The Bertz CT molecular complexity index is 1250. The van der Waals surface area contributed by atoms with Crippen molar-refractivity contribution in [2.24, 2.45) is 0 Å². The van der Waals surface area contributed by atoms with Crippen molar-refractivity contribution in [2.45, 2.75) is 26.8 Å². The molecule has 0 N–H and O–H groups in total. The molecule has 2 heterocycles. The first-order chi connectivity index (χ1) is 13.0. The van der Waals surface area contributed by atoms with E-state index >= 15 is 0 Å². The van der Waals surface area contributed by atoms with Crippen LogP contribution in [0.25, 0.3) is 16.8 Å². The second-order valence-electron chi connectivity index (χ2n) is 6.47. The van der Waals surface area contributed by atoms with E-state index in [1.807, 2.05) is 48.7 Å². The summed E-state index contributed by atoms with van der Waals surface area (Å²) in [7, 11) is 0. The van der Waals surface area contributed by atoms with E-state index in [1.165, 1.54) is 6.07 Å². The van der Waals surface area contributed by atoms with Crippen molar-refractivity contribution in [3.63, 3.8) is 0 Å². The van der Waals surface area contributed by atoms with E-state index in [0.29, 0.717) is 18.7 Å². The number of hydrogen-bond donors (Lipinski definition) is 0. The summed E-state index contributed by atoms with van der Waals surface area (Å²) in [6, 6.07) is 14.1. The Morgan fingerprint density at radius 3 is 2.67 bits per heavy atom. The summed E-state index contributed by atoms with van der Waals surface area (Å²) < 4.78 is 3.60. The van der Waals surface area contributed by atoms with Gasteiger partial charge in [0.2, 0.25) is 5.78 Å². The van der Waals surface area contributed by atoms with E-state index in [0.717, 1.165) is 27.9 Å². The van der Waals surface area contributed by atoms with Crippen molar-refractivity contribution in [1.82, 2.24) is 14.0 Å². The van der Waals surface area contributed by atoms with Crippen molar-refractivity contribution in [2.75, 3.05) is 0 Å². The summed E-state index contributed by atoms with van der Waals surface area (Å²) in [5.41, 5.74) is 3.83. The van der Waals surface area contributed by atoms with Crippen molar-refractivity contribution in [3.05, 3.63) is 85.8 Å². The molecule has 7 nitrogen and oxygen atoms in total. The molecule has 0 atom stereocenters. The zero-order valence-electron chi connectivity index (χ0n) is 15.0. The van der Waals surface area contributed by atoms with E-state index in [1.54, 1.807) is 16.5 Å². The molecule has 0 fully saturated rings. The highest BCUT2D eigenvalue weighted by Crippen LogP contribution is 2.20. The summed E-state index contributed by atoms with van der Waals surface area (Å²) in [5.74, 6) is 0.544. The molecule has 0 spiro atoms. The fourth-order valence-corrected chi connectivity index (χ4v) is 3.54. The molecule has 0 saturated carbocycles. The molecule has 2 aromatic carbocycles. The van der Waals surface area contributed by atoms with Gasteiger partial charge in [-0.1, -0.05) is 31.2 Å². The van der Waals surface area contributed by atoms with Crippen LogP contribution in [-0.4, -0.2) is 18.9 Å². The highest BCUT2D eigenvalue weighted by Gasteiger charge is 2.17. The third-order valence-electron chi connectivity index (χ3n) is 4.90. The summed E-state index contributed by atoms with van der Waals surface area (Å²) in [6.45, 7) is 4.25. The van der Waals surface area contributed by atoms with E-state index in [4.69, 9.17) is 0 Å². The second kappa shape index (κ2) is 6.35. The molecular formula is C20H18N4O3. The van der Waals surface area contributed by atoms with Gasteiger partial charge in [-0.3, -0.25) is 14.9 Å². The number of benzene rings is 2. The predicted molar refractivity (Wildman–Crippen MR) is 103 cm³/mol. The first-order valence-corrected chi connectivity index (χ1v) is 8.74. The van der Waals surface area contributed by atoms with Crippen LogP contribution in [0, 0.1) is 17.0 Å². The minimum atomic E-state index is -0.404. The van der Waals surface area contributed by atoms with Gasteiger partial charge in [0.05, 0.1) is 22.5 Å². The number of nitro groups is 1. The lowest BCUT2D eigenvalue weighted by Crippen LogP contribution is -2.25. The number of hydrogen-bond acceptors (Lipinski definition) is 4. The maximum Gasteiger partial charge on any atom is 0.269 e. The molecule has 0 bridgehead atoms. The van der Waals surface area contributed by atoms with Gasteiger partial charge in [-0.05, 0) is 31.0 Å². The Labute approximate surface area is 154 Å². The van der Waals surface area contributed by atoms with Crippen molar-refractivity contribution in [3.8, 4) is 0 Å². The molecule has 27 heavy (non-hydrogen) atoms. The number of para-hydroxylation sites is 2. The summed E-state index contributed by atoms with van der Waals surface area (Å²) in [5, 5.41) is 11.1.